The summed E-state index contributed by atoms with van der Waals surface area (Å²) in [6.45, 7) is 4.29. The lowest BCUT2D eigenvalue weighted by Gasteiger charge is -2.17. The Labute approximate surface area is 161 Å². The number of cyclic esters (lactones) is 1. The Kier molecular flexibility index (Phi) is 7.76. The number of hydrogen-bond acceptors (Lipinski definition) is 2. The first kappa shape index (κ1) is 19.5. The summed E-state index contributed by atoms with van der Waals surface area (Å²) in [5.41, 5.74) is 4.12. The lowest BCUT2D eigenvalue weighted by Crippen LogP contribution is -2.05. The molecule has 0 fully saturated rings. The molecule has 1 heterocycles. The molecular formula is C20H24Br2O2. The summed E-state index contributed by atoms with van der Waals surface area (Å²) < 4.78 is 6.79. The third-order valence-corrected chi connectivity index (χ3v) is 5.30. The van der Waals surface area contributed by atoms with E-state index in [9.17, 15) is 4.79 Å². The lowest BCUT2D eigenvalue weighted by molar-refractivity contribution is -0.140. The molecule has 0 bridgehead atoms. The van der Waals surface area contributed by atoms with E-state index in [1.54, 1.807) is 0 Å². The van der Waals surface area contributed by atoms with Crippen molar-refractivity contribution in [3.63, 3.8) is 0 Å². The standard InChI is InChI=1S/C20H24Br2O2/c1-3-5-6-8-15(13-21)18-17(7-4-2)20(23)24-19(18)14-9-11-16(22)12-10-14/h8-12,19H,3-7,13H2,1-2H3/b15-8+. The van der Waals surface area contributed by atoms with Crippen LogP contribution in [0.2, 0.25) is 0 Å². The van der Waals surface area contributed by atoms with Gasteiger partial charge in [-0.25, -0.2) is 4.79 Å². The highest BCUT2D eigenvalue weighted by Gasteiger charge is 2.35. The van der Waals surface area contributed by atoms with Crippen LogP contribution < -0.4 is 0 Å². The summed E-state index contributed by atoms with van der Waals surface area (Å²) in [6.07, 6.45) is 7.02. The molecular weight excluding hydrogens is 432 g/mol. The number of halogens is 2. The van der Waals surface area contributed by atoms with Gasteiger partial charge in [0, 0.05) is 20.9 Å². The number of benzene rings is 1. The molecule has 2 nitrogen and oxygen atoms in total. The molecule has 1 unspecified atom stereocenters. The topological polar surface area (TPSA) is 26.3 Å². The maximum Gasteiger partial charge on any atom is 0.335 e. The summed E-state index contributed by atoms with van der Waals surface area (Å²) in [5.74, 6) is -0.165. The fraction of sp³-hybridized carbons (Fsp3) is 0.450. The molecule has 0 amide bonds. The maximum atomic E-state index is 12.4. The van der Waals surface area contributed by atoms with Gasteiger partial charge in [-0.05, 0) is 36.1 Å². The van der Waals surface area contributed by atoms with Gasteiger partial charge in [0.25, 0.3) is 0 Å². The molecule has 130 valence electrons. The van der Waals surface area contributed by atoms with E-state index in [4.69, 9.17) is 4.74 Å². The van der Waals surface area contributed by atoms with E-state index in [2.05, 4.69) is 51.8 Å². The van der Waals surface area contributed by atoms with Crippen molar-refractivity contribution < 1.29 is 9.53 Å². The van der Waals surface area contributed by atoms with E-state index < -0.39 is 0 Å². The van der Waals surface area contributed by atoms with Crippen molar-refractivity contribution in [3.05, 3.63) is 57.1 Å². The Hall–Kier alpha value is -0.870. The second kappa shape index (κ2) is 9.57. The zero-order valence-corrected chi connectivity index (χ0v) is 17.5. The van der Waals surface area contributed by atoms with Gasteiger partial charge >= 0.3 is 5.97 Å². The molecule has 1 aliphatic heterocycles. The summed E-state index contributed by atoms with van der Waals surface area (Å²) >= 11 is 7.08. The number of rotatable bonds is 8. The molecule has 1 atom stereocenters. The minimum absolute atomic E-state index is 0.165. The normalized spacial score (nSPS) is 18.2. The first-order valence-electron chi connectivity index (χ1n) is 8.57. The minimum Gasteiger partial charge on any atom is -0.449 e. The van der Waals surface area contributed by atoms with Gasteiger partial charge in [-0.2, -0.15) is 0 Å². The van der Waals surface area contributed by atoms with E-state index >= 15 is 0 Å². The van der Waals surface area contributed by atoms with Crippen molar-refractivity contribution in [2.75, 3.05) is 5.33 Å². The molecule has 0 spiro atoms. The van der Waals surface area contributed by atoms with Crippen molar-refractivity contribution in [3.8, 4) is 0 Å². The van der Waals surface area contributed by atoms with Crippen LogP contribution in [0.4, 0.5) is 0 Å². The molecule has 0 aliphatic carbocycles. The maximum absolute atomic E-state index is 12.4. The summed E-state index contributed by atoms with van der Waals surface area (Å²) in [7, 11) is 0. The highest BCUT2D eigenvalue weighted by atomic mass is 79.9. The third kappa shape index (κ3) is 4.60. The largest absolute Gasteiger partial charge is 0.449 e. The first-order valence-corrected chi connectivity index (χ1v) is 10.5. The number of alkyl halides is 1. The predicted octanol–water partition coefficient (Wildman–Crippen LogP) is 6.66. The average Bonchev–Trinajstić information content (AvgIpc) is 2.90. The Balaban J connectivity index is 2.44. The molecule has 2 rings (SSSR count). The molecule has 4 heteroatoms. The van der Waals surface area contributed by atoms with Crippen molar-refractivity contribution in [1.82, 2.24) is 0 Å². The molecule has 0 N–H and O–H groups in total. The van der Waals surface area contributed by atoms with Crippen LogP contribution in [0.1, 0.15) is 57.6 Å². The predicted molar refractivity (Wildman–Crippen MR) is 106 cm³/mol. The van der Waals surface area contributed by atoms with Gasteiger partial charge in [0.2, 0.25) is 0 Å². The number of esters is 1. The van der Waals surface area contributed by atoms with Crippen molar-refractivity contribution in [2.24, 2.45) is 0 Å². The number of carbonyl (C=O) groups is 1. The van der Waals surface area contributed by atoms with Crippen LogP contribution in [0.3, 0.4) is 0 Å². The minimum atomic E-state index is -0.294. The summed E-state index contributed by atoms with van der Waals surface area (Å²) in [4.78, 5) is 12.4. The van der Waals surface area contributed by atoms with Crippen LogP contribution in [0.5, 0.6) is 0 Å². The summed E-state index contributed by atoms with van der Waals surface area (Å²) in [5, 5.41) is 0.739. The Bertz CT molecular complexity index is 630. The van der Waals surface area contributed by atoms with Crippen molar-refractivity contribution >= 4 is 37.8 Å². The van der Waals surface area contributed by atoms with Gasteiger partial charge in [-0.3, -0.25) is 0 Å². The first-order chi connectivity index (χ1) is 11.6. The fourth-order valence-corrected chi connectivity index (χ4v) is 3.74. The highest BCUT2D eigenvalue weighted by molar-refractivity contribution is 9.10. The van der Waals surface area contributed by atoms with Gasteiger partial charge in [0.1, 0.15) is 0 Å². The average molecular weight is 456 g/mol. The second-order valence-electron chi connectivity index (χ2n) is 5.98. The van der Waals surface area contributed by atoms with E-state index in [1.807, 2.05) is 24.3 Å². The molecule has 0 aromatic heterocycles. The van der Waals surface area contributed by atoms with E-state index in [0.717, 1.165) is 52.2 Å². The molecule has 0 saturated heterocycles. The Morgan fingerprint density at radius 1 is 1.21 bits per heavy atom. The van der Waals surface area contributed by atoms with Gasteiger partial charge < -0.3 is 4.74 Å². The number of ether oxygens (including phenoxy) is 1. The van der Waals surface area contributed by atoms with Gasteiger partial charge in [0.15, 0.2) is 6.10 Å². The fourth-order valence-electron chi connectivity index (χ4n) is 2.94. The van der Waals surface area contributed by atoms with Crippen molar-refractivity contribution in [1.29, 1.82) is 0 Å². The van der Waals surface area contributed by atoms with Crippen LogP contribution >= 0.6 is 31.9 Å². The molecule has 24 heavy (non-hydrogen) atoms. The Morgan fingerprint density at radius 2 is 1.92 bits per heavy atom. The van der Waals surface area contributed by atoms with Crippen LogP contribution in [0.15, 0.2) is 51.5 Å². The Morgan fingerprint density at radius 3 is 2.50 bits per heavy atom. The second-order valence-corrected chi connectivity index (χ2v) is 7.46. The van der Waals surface area contributed by atoms with E-state index in [-0.39, 0.29) is 12.1 Å². The zero-order valence-electron chi connectivity index (χ0n) is 14.3. The van der Waals surface area contributed by atoms with Crippen LogP contribution in [-0.2, 0) is 9.53 Å². The smallest absolute Gasteiger partial charge is 0.335 e. The molecule has 0 saturated carbocycles. The number of hydrogen-bond donors (Lipinski definition) is 0. The zero-order chi connectivity index (χ0) is 17.5. The highest BCUT2D eigenvalue weighted by Crippen LogP contribution is 2.41. The van der Waals surface area contributed by atoms with Gasteiger partial charge in [-0.15, -0.1) is 0 Å². The molecule has 1 aliphatic rings. The lowest BCUT2D eigenvalue weighted by atomic mass is 9.91. The molecule has 1 aromatic rings. The van der Waals surface area contributed by atoms with E-state index in [1.165, 1.54) is 12.0 Å². The van der Waals surface area contributed by atoms with Crippen LogP contribution in [-0.4, -0.2) is 11.3 Å². The quantitative estimate of drug-likeness (QED) is 0.249. The monoisotopic (exact) mass is 454 g/mol. The SMILES string of the molecule is CCCC/C=C(\CBr)C1=C(CCC)C(=O)OC1c1ccc(Br)cc1. The number of carbonyl (C=O) groups excluding carboxylic acids is 1. The number of unbranched alkanes of at least 4 members (excludes halogenated alkanes) is 2. The number of allylic oxidation sites excluding steroid dienone is 1. The van der Waals surface area contributed by atoms with E-state index in [0.29, 0.717) is 0 Å². The van der Waals surface area contributed by atoms with Gasteiger partial charge in [-0.1, -0.05) is 83.2 Å². The molecule has 0 radical (unpaired) electrons. The van der Waals surface area contributed by atoms with Crippen LogP contribution in [0.25, 0.3) is 0 Å². The van der Waals surface area contributed by atoms with Crippen LogP contribution in [0, 0.1) is 0 Å². The summed E-state index contributed by atoms with van der Waals surface area (Å²) in [6, 6.07) is 8.03. The molecule has 1 aromatic carbocycles. The third-order valence-electron chi connectivity index (χ3n) is 4.17. The van der Waals surface area contributed by atoms with Gasteiger partial charge in [0.05, 0.1) is 0 Å². The van der Waals surface area contributed by atoms with Crippen molar-refractivity contribution in [2.45, 2.75) is 52.1 Å².